The van der Waals surface area contributed by atoms with E-state index in [0.29, 0.717) is 67.9 Å². The number of nitrogens with one attached hydrogen (secondary N) is 2. The van der Waals surface area contributed by atoms with Crippen LogP contribution in [0.4, 0.5) is 20.5 Å². The molecule has 3 aromatic rings. The second-order valence-electron chi connectivity index (χ2n) is 8.93. The Morgan fingerprint density at radius 1 is 1.17 bits per heavy atom. The third-order valence-corrected chi connectivity index (χ3v) is 6.39. The summed E-state index contributed by atoms with van der Waals surface area (Å²) in [6.45, 7) is 2.68. The van der Waals surface area contributed by atoms with Crippen molar-refractivity contribution in [1.82, 2.24) is 24.8 Å². The molecular weight excluding hydrogens is 472 g/mol. The largest absolute Gasteiger partial charge is 0.384 e. The Labute approximate surface area is 207 Å². The average Bonchev–Trinajstić information content (AvgIpc) is 3.27. The first-order chi connectivity index (χ1) is 17.5. The Morgan fingerprint density at radius 2 is 1.94 bits per heavy atom. The number of hydrogen-bond donors (Lipinski definition) is 2. The van der Waals surface area contributed by atoms with E-state index in [9.17, 15) is 13.6 Å². The van der Waals surface area contributed by atoms with Gasteiger partial charge in [-0.15, -0.1) is 0 Å². The first-order valence-corrected chi connectivity index (χ1v) is 12.0. The smallest absolute Gasteiger partial charge is 0.296 e. The second kappa shape index (κ2) is 10.7. The number of hydrogen-bond acceptors (Lipinski definition) is 8. The van der Waals surface area contributed by atoms with Crippen molar-refractivity contribution in [2.45, 2.75) is 37.8 Å². The van der Waals surface area contributed by atoms with Crippen molar-refractivity contribution >= 4 is 28.7 Å². The number of carbonyl (C=O) groups is 1. The third-order valence-electron chi connectivity index (χ3n) is 6.39. The van der Waals surface area contributed by atoms with Gasteiger partial charge in [-0.1, -0.05) is 12.1 Å². The number of morpholine rings is 1. The Balaban J connectivity index is 1.41. The number of amides is 1. The highest BCUT2D eigenvalue weighted by Gasteiger charge is 2.31. The van der Waals surface area contributed by atoms with Crippen molar-refractivity contribution in [3.8, 4) is 5.82 Å². The van der Waals surface area contributed by atoms with Crippen LogP contribution in [0.3, 0.4) is 0 Å². The zero-order valence-electron chi connectivity index (χ0n) is 20.0. The molecule has 2 aliphatic rings. The maximum atomic E-state index is 14.0. The number of rotatable bonds is 9. The van der Waals surface area contributed by atoms with Gasteiger partial charge in [-0.25, -0.2) is 13.8 Å². The molecule has 1 amide bonds. The molecule has 0 spiro atoms. The van der Waals surface area contributed by atoms with Gasteiger partial charge < -0.3 is 25.0 Å². The predicted octanol–water partition coefficient (Wildman–Crippen LogP) is 2.69. The summed E-state index contributed by atoms with van der Waals surface area (Å²) in [4.78, 5) is 27.4. The maximum Gasteiger partial charge on any atom is 0.296 e. The summed E-state index contributed by atoms with van der Waals surface area (Å²) in [5.74, 6) is 0.900. The van der Waals surface area contributed by atoms with Crippen molar-refractivity contribution < 1.29 is 23.0 Å². The zero-order chi connectivity index (χ0) is 25.1. The second-order valence-corrected chi connectivity index (χ2v) is 8.93. The Kier molecular flexibility index (Phi) is 7.23. The minimum atomic E-state index is -2.77. The lowest BCUT2D eigenvalue weighted by Gasteiger charge is -2.37. The molecule has 1 saturated carbocycles. The van der Waals surface area contributed by atoms with E-state index < -0.39 is 6.43 Å². The highest BCUT2D eigenvalue weighted by atomic mass is 19.3. The SMILES string of the molecule is COCCC(=O)NC1CC(Nc2cc(-n3c(C(F)F)nc4ccccc43)nc(N3CCOCC3)n2)C1. The van der Waals surface area contributed by atoms with Crippen molar-refractivity contribution in [3.63, 3.8) is 0 Å². The molecule has 1 aliphatic carbocycles. The number of nitrogens with zero attached hydrogens (tertiary/aromatic N) is 5. The number of halogens is 2. The molecule has 2 fully saturated rings. The number of methoxy groups -OCH3 is 1. The fourth-order valence-corrected chi connectivity index (χ4v) is 4.50. The molecule has 0 atom stereocenters. The van der Waals surface area contributed by atoms with Crippen LogP contribution in [-0.2, 0) is 14.3 Å². The normalized spacial score (nSPS) is 19.9. The van der Waals surface area contributed by atoms with Gasteiger partial charge in [0.05, 0.1) is 30.9 Å². The average molecular weight is 502 g/mol. The standard InChI is InChI=1S/C24H29F2N7O3/c1-35-9-6-21(34)28-16-12-15(13-16)27-19-14-20(31-24(30-19)32-7-10-36-11-8-32)33-18-5-3-2-4-17(18)29-23(33)22(25)26/h2-5,14-16,22H,6-13H2,1H3,(H,28,34)(H,27,30,31). The summed E-state index contributed by atoms with van der Waals surface area (Å²) in [7, 11) is 1.56. The van der Waals surface area contributed by atoms with E-state index in [1.54, 1.807) is 37.4 Å². The lowest BCUT2D eigenvalue weighted by Crippen LogP contribution is -2.50. The Morgan fingerprint density at radius 3 is 2.69 bits per heavy atom. The van der Waals surface area contributed by atoms with Crippen molar-refractivity contribution in [2.75, 3.05) is 50.2 Å². The number of alkyl halides is 2. The van der Waals surface area contributed by atoms with Crippen LogP contribution in [0.25, 0.3) is 16.9 Å². The van der Waals surface area contributed by atoms with E-state index >= 15 is 0 Å². The summed E-state index contributed by atoms with van der Waals surface area (Å²) in [6, 6.07) is 8.85. The summed E-state index contributed by atoms with van der Waals surface area (Å²) >= 11 is 0. The summed E-state index contributed by atoms with van der Waals surface area (Å²) in [5.41, 5.74) is 1.02. The van der Waals surface area contributed by atoms with Gasteiger partial charge >= 0.3 is 0 Å². The van der Waals surface area contributed by atoms with Crippen LogP contribution < -0.4 is 15.5 Å². The molecule has 0 radical (unpaired) electrons. The number of fused-ring (bicyclic) bond motifs is 1. The minimum Gasteiger partial charge on any atom is -0.384 e. The highest BCUT2D eigenvalue weighted by molar-refractivity contribution is 5.78. The fourth-order valence-electron chi connectivity index (χ4n) is 4.50. The molecule has 2 aromatic heterocycles. The molecule has 192 valence electrons. The zero-order valence-corrected chi connectivity index (χ0v) is 20.0. The van der Waals surface area contributed by atoms with Crippen LogP contribution in [0.1, 0.15) is 31.5 Å². The molecule has 5 rings (SSSR count). The lowest BCUT2D eigenvalue weighted by molar-refractivity contribution is -0.123. The first kappa shape index (κ1) is 24.3. The van der Waals surface area contributed by atoms with Crippen LogP contribution in [0.5, 0.6) is 0 Å². The number of anilines is 2. The van der Waals surface area contributed by atoms with E-state index in [2.05, 4.69) is 20.6 Å². The van der Waals surface area contributed by atoms with Crippen molar-refractivity contribution in [1.29, 1.82) is 0 Å². The summed E-state index contributed by atoms with van der Waals surface area (Å²) < 4.78 is 39.8. The first-order valence-electron chi connectivity index (χ1n) is 12.0. The maximum absolute atomic E-state index is 14.0. The van der Waals surface area contributed by atoms with E-state index in [4.69, 9.17) is 14.5 Å². The van der Waals surface area contributed by atoms with Crippen LogP contribution >= 0.6 is 0 Å². The van der Waals surface area contributed by atoms with Gasteiger partial charge in [0.25, 0.3) is 6.43 Å². The molecular formula is C24H29F2N7O3. The number of ether oxygens (including phenoxy) is 2. The summed E-state index contributed by atoms with van der Waals surface area (Å²) in [5, 5.41) is 6.39. The fraction of sp³-hybridized carbons (Fsp3) is 0.500. The van der Waals surface area contributed by atoms with Gasteiger partial charge in [0.15, 0.2) is 5.82 Å². The lowest BCUT2D eigenvalue weighted by atomic mass is 9.86. The van der Waals surface area contributed by atoms with E-state index in [-0.39, 0.29) is 23.8 Å². The quantitative estimate of drug-likeness (QED) is 0.461. The molecule has 36 heavy (non-hydrogen) atoms. The van der Waals surface area contributed by atoms with Gasteiger partial charge in [0.1, 0.15) is 11.6 Å². The van der Waals surface area contributed by atoms with E-state index in [1.165, 1.54) is 4.57 Å². The molecule has 1 aromatic carbocycles. The number of para-hydroxylation sites is 2. The Bertz CT molecular complexity index is 1210. The molecule has 12 heteroatoms. The van der Waals surface area contributed by atoms with E-state index in [0.717, 1.165) is 12.8 Å². The number of imidazole rings is 1. The molecule has 0 bridgehead atoms. The molecule has 0 unspecified atom stereocenters. The monoisotopic (exact) mass is 501 g/mol. The van der Waals surface area contributed by atoms with Gasteiger partial charge in [-0.2, -0.15) is 9.97 Å². The molecule has 3 heterocycles. The number of aromatic nitrogens is 4. The topological polar surface area (TPSA) is 106 Å². The van der Waals surface area contributed by atoms with Gasteiger partial charge in [-0.05, 0) is 25.0 Å². The molecule has 2 N–H and O–H groups in total. The van der Waals surface area contributed by atoms with Gasteiger partial charge in [-0.3, -0.25) is 9.36 Å². The van der Waals surface area contributed by atoms with Crippen molar-refractivity contribution in [3.05, 3.63) is 36.2 Å². The van der Waals surface area contributed by atoms with Gasteiger partial charge in [0.2, 0.25) is 11.9 Å². The highest BCUT2D eigenvalue weighted by Crippen LogP contribution is 2.30. The minimum absolute atomic E-state index is 0.0364. The van der Waals surface area contributed by atoms with Crippen LogP contribution in [0.15, 0.2) is 30.3 Å². The number of benzene rings is 1. The summed E-state index contributed by atoms with van der Waals surface area (Å²) in [6.07, 6.45) is -0.971. The molecule has 1 aliphatic heterocycles. The van der Waals surface area contributed by atoms with Crippen LogP contribution in [0.2, 0.25) is 0 Å². The van der Waals surface area contributed by atoms with Gasteiger partial charge in [0, 0.05) is 44.8 Å². The third kappa shape index (κ3) is 5.24. The number of carbonyl (C=O) groups excluding carboxylic acids is 1. The van der Waals surface area contributed by atoms with Crippen molar-refractivity contribution in [2.24, 2.45) is 0 Å². The van der Waals surface area contributed by atoms with Crippen LogP contribution in [0, 0.1) is 0 Å². The van der Waals surface area contributed by atoms with Crippen LogP contribution in [-0.4, -0.2) is 77.5 Å². The Hall–Kier alpha value is -3.38. The molecule has 10 nitrogen and oxygen atoms in total. The predicted molar refractivity (Wildman–Crippen MR) is 130 cm³/mol. The van der Waals surface area contributed by atoms with E-state index in [1.807, 2.05) is 4.90 Å². The molecule has 1 saturated heterocycles.